The van der Waals surface area contributed by atoms with Crippen LogP contribution in [0.4, 0.5) is 13.2 Å². The second-order valence-corrected chi connectivity index (χ2v) is 12.2. The summed E-state index contributed by atoms with van der Waals surface area (Å²) in [6, 6.07) is 18.0. The third kappa shape index (κ3) is 6.41. The average Bonchev–Trinajstić information content (AvgIpc) is 3.39. The van der Waals surface area contributed by atoms with Gasteiger partial charge in [0.1, 0.15) is 5.75 Å². The normalized spacial score (nSPS) is 15.3. The van der Waals surface area contributed by atoms with Crippen molar-refractivity contribution in [1.82, 2.24) is 9.29 Å². The fourth-order valence-corrected chi connectivity index (χ4v) is 6.86. The molecule has 216 valence electrons. The van der Waals surface area contributed by atoms with Crippen LogP contribution in [-0.4, -0.2) is 49.1 Å². The highest BCUT2D eigenvalue weighted by atomic mass is 32.2. The van der Waals surface area contributed by atoms with E-state index in [0.717, 1.165) is 34.2 Å². The predicted molar refractivity (Wildman–Crippen MR) is 151 cm³/mol. The number of aromatic nitrogens is 1. The lowest BCUT2D eigenvalue weighted by atomic mass is 9.88. The minimum atomic E-state index is -4.48. The molecule has 2 heterocycles. The van der Waals surface area contributed by atoms with Gasteiger partial charge >= 0.3 is 6.18 Å². The number of halogens is 3. The maximum Gasteiger partial charge on any atom is 0.416 e. The SMILES string of the molecule is NC(=O)c1cc(-c2ccccc2)cc2c(C3CCN(S(=O)(=O)CCCOc4cccc(C(F)(F)F)c4)CC3)c[nH]c12. The van der Waals surface area contributed by atoms with E-state index in [-0.39, 0.29) is 30.4 Å². The van der Waals surface area contributed by atoms with Gasteiger partial charge in [-0.05, 0) is 72.2 Å². The number of hydrogen-bond acceptors (Lipinski definition) is 4. The number of benzene rings is 3. The first-order valence-electron chi connectivity index (χ1n) is 13.3. The molecule has 7 nitrogen and oxygen atoms in total. The van der Waals surface area contributed by atoms with Crippen LogP contribution >= 0.6 is 0 Å². The summed E-state index contributed by atoms with van der Waals surface area (Å²) in [6.07, 6.45) is -1.23. The third-order valence-electron chi connectivity index (χ3n) is 7.46. The van der Waals surface area contributed by atoms with Gasteiger partial charge in [0.15, 0.2) is 0 Å². The summed E-state index contributed by atoms with van der Waals surface area (Å²) in [6.45, 7) is 0.669. The van der Waals surface area contributed by atoms with Crippen LogP contribution in [0.25, 0.3) is 22.0 Å². The first-order valence-corrected chi connectivity index (χ1v) is 14.9. The molecular formula is C30H30F3N3O4S. The van der Waals surface area contributed by atoms with Crippen LogP contribution in [0, 0.1) is 0 Å². The van der Waals surface area contributed by atoms with Gasteiger partial charge in [-0.3, -0.25) is 4.79 Å². The number of nitrogens with two attached hydrogens (primary N) is 1. The second-order valence-electron chi connectivity index (χ2n) is 10.1. The number of alkyl halides is 3. The maximum atomic E-state index is 13.0. The molecule has 0 bridgehead atoms. The number of fused-ring (bicyclic) bond motifs is 1. The van der Waals surface area contributed by atoms with Crippen LogP contribution in [0.2, 0.25) is 0 Å². The minimum absolute atomic E-state index is 0.0156. The molecule has 0 atom stereocenters. The number of carbonyl (C=O) groups is 1. The van der Waals surface area contributed by atoms with Gasteiger partial charge in [-0.15, -0.1) is 0 Å². The molecule has 0 spiro atoms. The van der Waals surface area contributed by atoms with E-state index >= 15 is 0 Å². The van der Waals surface area contributed by atoms with E-state index in [1.807, 2.05) is 42.6 Å². The van der Waals surface area contributed by atoms with Crippen LogP contribution < -0.4 is 10.5 Å². The van der Waals surface area contributed by atoms with Gasteiger partial charge in [0.05, 0.1) is 29.0 Å². The Bertz CT molecular complexity index is 1640. The number of H-pyrrole nitrogens is 1. The molecule has 0 saturated carbocycles. The summed E-state index contributed by atoms with van der Waals surface area (Å²) in [4.78, 5) is 15.5. The highest BCUT2D eigenvalue weighted by Crippen LogP contribution is 2.37. The highest BCUT2D eigenvalue weighted by Gasteiger charge is 2.31. The number of rotatable bonds is 9. The number of ether oxygens (including phenoxy) is 1. The largest absolute Gasteiger partial charge is 0.494 e. The lowest BCUT2D eigenvalue weighted by molar-refractivity contribution is -0.137. The fraction of sp³-hybridized carbons (Fsp3) is 0.300. The van der Waals surface area contributed by atoms with Crippen molar-refractivity contribution >= 4 is 26.8 Å². The van der Waals surface area contributed by atoms with Gasteiger partial charge in [0, 0.05) is 24.7 Å². The molecule has 1 fully saturated rings. The number of aromatic amines is 1. The summed E-state index contributed by atoms with van der Waals surface area (Å²) >= 11 is 0. The lowest BCUT2D eigenvalue weighted by Crippen LogP contribution is -2.39. The Labute approximate surface area is 236 Å². The van der Waals surface area contributed by atoms with E-state index in [0.29, 0.717) is 37.0 Å². The standard InChI is InChI=1S/C30H30F3N3O4S/c31-30(32,33)23-8-4-9-24(18-23)40-14-5-15-41(38,39)36-12-10-21(11-13-36)27-19-35-28-25(27)16-22(17-26(28)29(34)37)20-6-2-1-3-7-20/h1-4,6-9,16-19,21,35H,5,10-15H2,(H2,34,37). The summed E-state index contributed by atoms with van der Waals surface area (Å²) < 4.78 is 71.5. The maximum absolute atomic E-state index is 13.0. The van der Waals surface area contributed by atoms with Crippen LogP contribution in [0.15, 0.2) is 72.9 Å². The highest BCUT2D eigenvalue weighted by molar-refractivity contribution is 7.89. The first-order chi connectivity index (χ1) is 19.5. The zero-order valence-electron chi connectivity index (χ0n) is 22.2. The number of nitrogens with zero attached hydrogens (tertiary/aromatic N) is 1. The topological polar surface area (TPSA) is 105 Å². The van der Waals surface area contributed by atoms with E-state index in [1.165, 1.54) is 16.4 Å². The number of amides is 1. The number of carbonyl (C=O) groups excluding carboxylic acids is 1. The van der Waals surface area contributed by atoms with Crippen LogP contribution in [0.3, 0.4) is 0 Å². The Morgan fingerprint density at radius 1 is 1.00 bits per heavy atom. The first kappa shape index (κ1) is 28.7. The molecule has 0 radical (unpaired) electrons. The molecule has 1 aliphatic rings. The van der Waals surface area contributed by atoms with E-state index in [1.54, 1.807) is 6.07 Å². The molecule has 0 aliphatic carbocycles. The summed E-state index contributed by atoms with van der Waals surface area (Å²) in [5.74, 6) is -0.552. The Morgan fingerprint density at radius 2 is 1.73 bits per heavy atom. The second kappa shape index (κ2) is 11.6. The van der Waals surface area contributed by atoms with E-state index in [2.05, 4.69) is 4.98 Å². The number of nitrogens with one attached hydrogen (secondary N) is 1. The van der Waals surface area contributed by atoms with Crippen molar-refractivity contribution in [2.75, 3.05) is 25.4 Å². The lowest BCUT2D eigenvalue weighted by Gasteiger charge is -2.31. The van der Waals surface area contributed by atoms with Gasteiger partial charge in [-0.2, -0.15) is 13.2 Å². The van der Waals surface area contributed by atoms with Crippen molar-refractivity contribution in [3.8, 4) is 16.9 Å². The smallest absolute Gasteiger partial charge is 0.416 e. The average molecular weight is 586 g/mol. The molecular weight excluding hydrogens is 555 g/mol. The Morgan fingerprint density at radius 3 is 2.41 bits per heavy atom. The molecule has 5 rings (SSSR count). The van der Waals surface area contributed by atoms with Crippen molar-refractivity contribution < 1.29 is 31.1 Å². The van der Waals surface area contributed by atoms with Crippen molar-refractivity contribution in [1.29, 1.82) is 0 Å². The number of piperidine rings is 1. The third-order valence-corrected chi connectivity index (χ3v) is 9.41. The molecule has 4 aromatic rings. The number of hydrogen-bond donors (Lipinski definition) is 2. The summed E-state index contributed by atoms with van der Waals surface area (Å²) in [5, 5.41) is 0.896. The summed E-state index contributed by atoms with van der Waals surface area (Å²) in [7, 11) is -3.56. The molecule has 0 unspecified atom stereocenters. The number of sulfonamides is 1. The Balaban J connectivity index is 1.22. The molecule has 3 N–H and O–H groups in total. The molecule has 11 heteroatoms. The Kier molecular flexibility index (Phi) is 8.10. The van der Waals surface area contributed by atoms with E-state index in [9.17, 15) is 26.4 Å². The van der Waals surface area contributed by atoms with E-state index < -0.39 is 27.7 Å². The zero-order valence-corrected chi connectivity index (χ0v) is 23.0. The molecule has 3 aromatic carbocycles. The predicted octanol–water partition coefficient (Wildman–Crippen LogP) is 5.93. The quantitative estimate of drug-likeness (QED) is 0.238. The van der Waals surface area contributed by atoms with Crippen molar-refractivity contribution in [3.05, 3.63) is 89.6 Å². The molecule has 41 heavy (non-hydrogen) atoms. The van der Waals surface area contributed by atoms with Gasteiger partial charge < -0.3 is 15.5 Å². The number of primary amides is 1. The van der Waals surface area contributed by atoms with Crippen molar-refractivity contribution in [2.45, 2.75) is 31.4 Å². The van der Waals surface area contributed by atoms with Gasteiger partial charge in [-0.25, -0.2) is 12.7 Å². The molecule has 1 aromatic heterocycles. The monoisotopic (exact) mass is 585 g/mol. The van der Waals surface area contributed by atoms with Gasteiger partial charge in [-0.1, -0.05) is 36.4 Å². The van der Waals surface area contributed by atoms with E-state index in [4.69, 9.17) is 10.5 Å². The van der Waals surface area contributed by atoms with Crippen LogP contribution in [-0.2, 0) is 16.2 Å². The van der Waals surface area contributed by atoms with Crippen molar-refractivity contribution in [2.24, 2.45) is 5.73 Å². The van der Waals surface area contributed by atoms with Crippen molar-refractivity contribution in [3.63, 3.8) is 0 Å². The van der Waals surface area contributed by atoms with Gasteiger partial charge in [0.2, 0.25) is 10.0 Å². The molecule has 1 saturated heterocycles. The fourth-order valence-electron chi connectivity index (χ4n) is 5.35. The molecule has 1 aliphatic heterocycles. The van der Waals surface area contributed by atoms with Crippen LogP contribution in [0.1, 0.15) is 46.7 Å². The van der Waals surface area contributed by atoms with Crippen LogP contribution in [0.5, 0.6) is 5.75 Å². The minimum Gasteiger partial charge on any atom is -0.494 e. The Hall–Kier alpha value is -3.83. The van der Waals surface area contributed by atoms with Gasteiger partial charge in [0.25, 0.3) is 5.91 Å². The molecule has 1 amide bonds. The summed E-state index contributed by atoms with van der Waals surface area (Å²) in [5.41, 5.74) is 8.81. The zero-order chi connectivity index (χ0) is 29.2.